The van der Waals surface area contributed by atoms with Crippen molar-refractivity contribution in [2.24, 2.45) is 0 Å². The van der Waals surface area contributed by atoms with E-state index >= 15 is 0 Å². The maximum absolute atomic E-state index is 12.3. The zero-order valence-electron chi connectivity index (χ0n) is 79.6. The van der Waals surface area contributed by atoms with Crippen LogP contribution < -0.4 is 26.2 Å². The van der Waals surface area contributed by atoms with Gasteiger partial charge in [0.05, 0.1) is 116 Å². The van der Waals surface area contributed by atoms with Gasteiger partial charge in [-0.25, -0.2) is 0 Å². The smallest absolute Gasteiger partial charge is 0.252 e. The lowest BCUT2D eigenvalue weighted by atomic mass is 9.33. The lowest BCUT2D eigenvalue weighted by molar-refractivity contribution is 0.590. The van der Waals surface area contributed by atoms with Crippen molar-refractivity contribution in [1.82, 2.24) is 22.8 Å². The van der Waals surface area contributed by atoms with Gasteiger partial charge < -0.3 is 32.6 Å². The summed E-state index contributed by atoms with van der Waals surface area (Å²) >= 11 is 0. The van der Waals surface area contributed by atoms with Crippen molar-refractivity contribution in [1.29, 1.82) is 15.8 Å². The molecule has 23 rings (SSSR count). The van der Waals surface area contributed by atoms with Gasteiger partial charge in [0.1, 0.15) is 12.1 Å². The maximum Gasteiger partial charge on any atom is 0.252 e. The third-order valence-corrected chi connectivity index (χ3v) is 24.2. The van der Waals surface area contributed by atoms with Crippen molar-refractivity contribution < 1.29 is 20.6 Å². The van der Waals surface area contributed by atoms with E-state index in [2.05, 4.69) is 175 Å². The number of hydrogen-bond donors (Lipinski definition) is 0. The Morgan fingerprint density at radius 3 is 1.24 bits per heavy atom. The first kappa shape index (κ1) is 54.4. The van der Waals surface area contributed by atoms with Crippen LogP contribution in [-0.4, -0.2) is 29.5 Å². The summed E-state index contributed by atoms with van der Waals surface area (Å²) in [6.45, 7) is 12.2. The first-order valence-corrected chi connectivity index (χ1v) is 39.2. The Kier molecular flexibility index (Phi) is 11.7. The zero-order valence-corrected chi connectivity index (χ0v) is 64.6. The van der Waals surface area contributed by atoms with Crippen LogP contribution >= 0.6 is 0 Å². The average molecular weight is 1520 g/mol. The van der Waals surface area contributed by atoms with Crippen molar-refractivity contribution in [3.8, 4) is 57.8 Å². The van der Waals surface area contributed by atoms with E-state index in [9.17, 15) is 33.6 Å². The van der Waals surface area contributed by atoms with Gasteiger partial charge in [-0.3, -0.25) is 0 Å². The average Bonchev–Trinajstić information content (AvgIpc) is 1.67. The molecule has 118 heavy (non-hydrogen) atoms. The number of para-hydroxylation sites is 6. The van der Waals surface area contributed by atoms with E-state index in [0.717, 1.165) is 87.7 Å². The molecule has 0 fully saturated rings. The predicted octanol–water partition coefficient (Wildman–Crippen LogP) is 25.1. The minimum absolute atomic E-state index is 0.0902. The molecule has 0 bridgehead atoms. The zero-order chi connectivity index (χ0) is 92.4. The molecule has 10 nitrogen and oxygen atoms in total. The molecule has 0 N–H and O–H groups in total. The number of nitriles is 3. The molecule has 0 atom stereocenters. The fourth-order valence-electron chi connectivity index (χ4n) is 18.8. The fraction of sp³-hybridized carbons (Fsp3) is 0.0748. The number of anilines is 6. The van der Waals surface area contributed by atoms with Crippen molar-refractivity contribution in [2.75, 3.05) is 9.80 Å². The third-order valence-electron chi connectivity index (χ3n) is 24.2. The van der Waals surface area contributed by atoms with Gasteiger partial charge in [-0.2, -0.15) is 15.8 Å². The molecule has 0 radical (unpaired) electrons. The van der Waals surface area contributed by atoms with Crippen LogP contribution in [-0.2, 0) is 10.8 Å². The molecule has 0 amide bonds. The van der Waals surface area contributed by atoms with Crippen LogP contribution in [0.1, 0.15) is 89.9 Å². The van der Waals surface area contributed by atoms with Crippen LogP contribution in [0.15, 0.2) is 333 Å². The van der Waals surface area contributed by atoms with Crippen molar-refractivity contribution in [3.05, 3.63) is 361 Å². The first-order valence-electron chi connectivity index (χ1n) is 46.7. The van der Waals surface area contributed by atoms with Crippen LogP contribution in [0.5, 0.6) is 0 Å². The molecular formula is C107H73BN10. The quantitative estimate of drug-likeness (QED) is 0.141. The molecule has 0 unspecified atom stereocenters. The Hall–Kier alpha value is -15.3. The molecular weight excluding hydrogens is 1440 g/mol. The molecule has 0 saturated heterocycles. The first-order chi connectivity index (χ1) is 63.9. The van der Waals surface area contributed by atoms with E-state index in [1.165, 1.54) is 9.13 Å². The van der Waals surface area contributed by atoms with Crippen LogP contribution in [0.4, 0.5) is 34.1 Å². The van der Waals surface area contributed by atoms with Gasteiger partial charge in [-0.15, -0.1) is 0 Å². The topological polar surface area (TPSA) is 102 Å². The minimum Gasteiger partial charge on any atom is -0.311 e. The van der Waals surface area contributed by atoms with Crippen molar-refractivity contribution >= 4 is 166 Å². The highest BCUT2D eigenvalue weighted by Gasteiger charge is 2.45. The standard InChI is InChI=1S/C107H73BN10/c1-106(2,3)70-40-50-97-85(54-70)86-55-71(107(4,5)6)41-51-98(86)114(97)74-44-46-87-101(58-74)115(73-43-38-68(63-110)99(57-73)117-93-34-20-12-26-79(93)80-27-13-21-35-94(80)117)103-60-76(116-92-33-19-14-28-81(92)83-52-65(62-109)36-48-95(83)116)61-104-105(103)108(87)88-47-45-75(112-89-30-16-10-24-77(89)78-25-11-17-31-90(78)112)59-102(88)118(104)100-56-72(42-37-69(100)64-111)113-91-32-18-15-29-82(91)84-53-67(39-49-96(84)113)66-22-8-7-9-23-66/h7-61H,1-6H3/i10D,11D,14D,16D,17D,19D,24D,25D,28D,30D,31D,33D,36D,48D,52D. The Morgan fingerprint density at radius 2 is 0.686 bits per heavy atom. The molecule has 0 aliphatic carbocycles. The Balaban J connectivity index is 0.916. The minimum atomic E-state index is -0.936. The molecule has 7 heterocycles. The number of nitrogens with zero attached hydrogens (tertiary/aromatic N) is 10. The SMILES string of the molecule is [2H]c1c([2H])c([2H])c2c(c1[2H])c1c([2H])c([2H])c([2H])c([2H])c1n2-c1ccc2c(c1)N(c1cc(-n3c4ccccc4c4cc(-c5ccccc5)ccc43)ccc1C#N)c1cc(-n3c4c([2H])c([2H])c([2H])c([2H])c4c4c([2H])c(C#N)c([2H])c([2H])c43)cc3c1B2c1ccc(-n2c4ccc(C(C)(C)C)cc4c4cc(C(C)(C)C)ccc42)cc1N3c1ccc(C#N)c(-n2c3ccccc3c3ccccc32)c1. The normalized spacial score (nSPS) is 14.5. The fourth-order valence-corrected chi connectivity index (χ4v) is 18.8. The lowest BCUT2D eigenvalue weighted by Crippen LogP contribution is -2.61. The van der Waals surface area contributed by atoms with Gasteiger partial charge in [0, 0.05) is 99.4 Å². The van der Waals surface area contributed by atoms with Crippen LogP contribution in [0.2, 0.25) is 0 Å². The van der Waals surface area contributed by atoms with Crippen LogP contribution in [0.3, 0.4) is 0 Å². The number of rotatable bonds is 8. The second-order valence-corrected chi connectivity index (χ2v) is 32.7. The summed E-state index contributed by atoms with van der Waals surface area (Å²) in [5, 5.41) is 40.0. The van der Waals surface area contributed by atoms with Crippen molar-refractivity contribution in [3.63, 3.8) is 0 Å². The van der Waals surface area contributed by atoms with Gasteiger partial charge in [-0.05, 0) is 213 Å². The summed E-state index contributed by atoms with van der Waals surface area (Å²) in [4.78, 5) is 4.03. The molecule has 2 aliphatic rings. The van der Waals surface area contributed by atoms with Gasteiger partial charge in [0.25, 0.3) is 6.71 Å². The van der Waals surface area contributed by atoms with E-state index in [1.807, 2.05) is 120 Å². The molecule has 11 heteroatoms. The Bertz CT molecular complexity index is 8880. The van der Waals surface area contributed by atoms with Gasteiger partial charge >= 0.3 is 0 Å². The summed E-state index contributed by atoms with van der Waals surface area (Å²) in [5.41, 5.74) is 14.1. The lowest BCUT2D eigenvalue weighted by Gasteiger charge is -2.45. The summed E-state index contributed by atoms with van der Waals surface area (Å²) in [7, 11) is 0. The second-order valence-electron chi connectivity index (χ2n) is 32.7. The van der Waals surface area contributed by atoms with E-state index in [4.69, 9.17) is 2.74 Å². The Morgan fingerprint density at radius 1 is 0.280 bits per heavy atom. The third kappa shape index (κ3) is 9.97. The summed E-state index contributed by atoms with van der Waals surface area (Å²) in [5.74, 6) is 0. The predicted molar refractivity (Wildman–Crippen MR) is 489 cm³/mol. The van der Waals surface area contributed by atoms with Crippen LogP contribution in [0, 0.1) is 34.0 Å². The number of benzene rings is 16. The number of aromatic nitrogens is 5. The molecule has 0 spiro atoms. The highest BCUT2D eigenvalue weighted by Crippen LogP contribution is 2.51. The summed E-state index contributed by atoms with van der Waals surface area (Å²) < 4.78 is 155. The monoisotopic (exact) mass is 1520 g/mol. The highest BCUT2D eigenvalue weighted by atomic mass is 15.2. The number of hydrogen-bond acceptors (Lipinski definition) is 5. The summed E-state index contributed by atoms with van der Waals surface area (Å²) in [6, 6.07) is 78.5. The molecule has 554 valence electrons. The largest absolute Gasteiger partial charge is 0.311 e. The summed E-state index contributed by atoms with van der Waals surface area (Å²) in [6.07, 6.45) is 0. The molecule has 21 aromatic rings. The van der Waals surface area contributed by atoms with E-state index in [1.54, 1.807) is 30.3 Å². The van der Waals surface area contributed by atoms with E-state index in [-0.39, 0.29) is 77.1 Å². The second kappa shape index (κ2) is 25.3. The van der Waals surface area contributed by atoms with Gasteiger partial charge in [0.2, 0.25) is 0 Å². The van der Waals surface area contributed by atoms with Gasteiger partial charge in [-0.1, -0.05) is 211 Å². The maximum atomic E-state index is 12.3. The van der Waals surface area contributed by atoms with E-state index < -0.39 is 103 Å². The van der Waals surface area contributed by atoms with Crippen molar-refractivity contribution in [2.45, 2.75) is 52.4 Å². The molecule has 5 aromatic heterocycles. The highest BCUT2D eigenvalue weighted by molar-refractivity contribution is 7.00. The Labute approximate surface area is 703 Å². The number of fused-ring (bicyclic) bond motifs is 19. The van der Waals surface area contributed by atoms with Gasteiger partial charge in [0.15, 0.2) is 0 Å². The molecule has 16 aromatic carbocycles. The van der Waals surface area contributed by atoms with E-state index in [0.29, 0.717) is 67.5 Å². The molecule has 2 aliphatic heterocycles. The van der Waals surface area contributed by atoms with Crippen LogP contribution in [0.25, 0.3) is 149 Å². The molecule has 0 saturated carbocycles.